The molecule has 38 heavy (non-hydrogen) atoms. The Morgan fingerprint density at radius 3 is 2.92 bits per heavy atom. The summed E-state index contributed by atoms with van der Waals surface area (Å²) in [4.78, 5) is 28.4. The molecule has 0 spiro atoms. The van der Waals surface area contributed by atoms with Crippen LogP contribution in [0.1, 0.15) is 83.7 Å². The number of aryl methyl sites for hydroxylation is 2. The average Bonchev–Trinajstić information content (AvgIpc) is 3.31. The first-order chi connectivity index (χ1) is 18.6. The van der Waals surface area contributed by atoms with E-state index < -0.39 is 6.10 Å². The average molecular weight is 512 g/mol. The lowest BCUT2D eigenvalue weighted by atomic mass is 9.92. The highest BCUT2D eigenvalue weighted by atomic mass is 16.3. The Balaban J connectivity index is 1.22. The lowest BCUT2D eigenvalue weighted by Gasteiger charge is -2.23. The molecular weight excluding hydrogens is 482 g/mol. The zero-order chi connectivity index (χ0) is 25.8. The van der Waals surface area contributed by atoms with Gasteiger partial charge in [0.1, 0.15) is 12.1 Å². The number of hydrogen-bond donors (Lipinski definition) is 3. The zero-order valence-corrected chi connectivity index (χ0v) is 20.9. The first-order valence-electron chi connectivity index (χ1n) is 13.3. The van der Waals surface area contributed by atoms with E-state index in [0.29, 0.717) is 23.8 Å². The number of nitrogens with one attached hydrogen (secondary N) is 1. The van der Waals surface area contributed by atoms with Gasteiger partial charge < -0.3 is 15.7 Å². The molecule has 2 unspecified atom stereocenters. The van der Waals surface area contributed by atoms with Crippen LogP contribution in [0.5, 0.6) is 0 Å². The van der Waals surface area contributed by atoms with Gasteiger partial charge in [-0.1, -0.05) is 6.08 Å². The highest BCUT2D eigenvalue weighted by Crippen LogP contribution is 2.45. The van der Waals surface area contributed by atoms with Crippen LogP contribution in [-0.2, 0) is 12.8 Å². The summed E-state index contributed by atoms with van der Waals surface area (Å²) in [6.07, 6.45) is 15.3. The summed E-state index contributed by atoms with van der Waals surface area (Å²) in [7, 11) is 0. The smallest absolute Gasteiger partial charge is 0.295 e. The normalized spacial score (nSPS) is 20.8. The molecule has 0 radical (unpaired) electrons. The number of carbonyl (C=O) groups excluding carboxylic acids is 1. The number of carbonyl (C=O) groups is 1. The van der Waals surface area contributed by atoms with Gasteiger partial charge in [-0.3, -0.25) is 14.9 Å². The molecule has 0 aromatic carbocycles. The standard InChI is InChI=1S/C27H29N9O2/c28-24-22(15-6-7-15)20(9-8-18-4-2-10-35(18)27(38)25-30-14-31-34-25)33-26-19(13-32-36(24)26)17-11-16-3-1-5-21(37)23(16)29-12-17/h2,10-15,18,21,37H,1,3-9,28H2,(H,30,31,34). The molecule has 1 amide bonds. The number of nitrogen functional groups attached to an aromatic ring is 1. The molecule has 1 fully saturated rings. The Morgan fingerprint density at radius 1 is 1.21 bits per heavy atom. The second kappa shape index (κ2) is 9.02. The lowest BCUT2D eigenvalue weighted by Crippen LogP contribution is -2.34. The van der Waals surface area contributed by atoms with Gasteiger partial charge in [-0.2, -0.15) is 14.7 Å². The van der Waals surface area contributed by atoms with Gasteiger partial charge in [0.2, 0.25) is 5.82 Å². The number of aliphatic hydroxyl groups excluding tert-OH is 1. The molecule has 1 saturated carbocycles. The monoisotopic (exact) mass is 511 g/mol. The van der Waals surface area contributed by atoms with Gasteiger partial charge in [-0.05, 0) is 68.9 Å². The van der Waals surface area contributed by atoms with E-state index in [1.54, 1.807) is 21.8 Å². The number of anilines is 1. The number of pyridine rings is 1. The summed E-state index contributed by atoms with van der Waals surface area (Å²) in [6, 6.07) is 2.12. The van der Waals surface area contributed by atoms with Gasteiger partial charge in [-0.25, -0.2) is 9.97 Å². The SMILES string of the molecule is Nc1c(C2CC2)c(CCC2CC=CN2C(=O)c2ncn[nH]2)nc2c(-c3cnc4c(c3)CCCC4O)cnn12. The van der Waals surface area contributed by atoms with Crippen LogP contribution in [0.3, 0.4) is 0 Å². The molecule has 5 heterocycles. The number of amides is 1. The van der Waals surface area contributed by atoms with Gasteiger partial charge in [0.25, 0.3) is 5.91 Å². The first kappa shape index (κ1) is 23.0. The number of hydrogen-bond acceptors (Lipinski definition) is 8. The van der Waals surface area contributed by atoms with Gasteiger partial charge in [0, 0.05) is 35.1 Å². The van der Waals surface area contributed by atoms with Crippen molar-refractivity contribution in [1.82, 2.24) is 39.7 Å². The Morgan fingerprint density at radius 2 is 2.11 bits per heavy atom. The maximum atomic E-state index is 12.9. The number of aromatic nitrogens is 7. The van der Waals surface area contributed by atoms with E-state index in [1.807, 2.05) is 12.3 Å². The molecule has 194 valence electrons. The van der Waals surface area contributed by atoms with E-state index in [4.69, 9.17) is 10.7 Å². The summed E-state index contributed by atoms with van der Waals surface area (Å²) in [6.45, 7) is 0. The maximum Gasteiger partial charge on any atom is 0.295 e. The van der Waals surface area contributed by atoms with Crippen LogP contribution in [-0.4, -0.2) is 56.7 Å². The van der Waals surface area contributed by atoms with Crippen molar-refractivity contribution in [2.75, 3.05) is 5.73 Å². The minimum Gasteiger partial charge on any atom is -0.387 e. The lowest BCUT2D eigenvalue weighted by molar-refractivity contribution is 0.0767. The van der Waals surface area contributed by atoms with Crippen molar-refractivity contribution >= 4 is 17.4 Å². The van der Waals surface area contributed by atoms with Crippen LogP contribution in [0.15, 0.2) is 37.1 Å². The van der Waals surface area contributed by atoms with Crippen molar-refractivity contribution in [2.45, 2.75) is 69.4 Å². The largest absolute Gasteiger partial charge is 0.387 e. The molecule has 0 bridgehead atoms. The highest BCUT2D eigenvalue weighted by molar-refractivity contribution is 5.91. The fourth-order valence-corrected chi connectivity index (χ4v) is 5.87. The van der Waals surface area contributed by atoms with E-state index >= 15 is 0 Å². The Labute approximate surface area is 218 Å². The molecule has 11 heteroatoms. The third-order valence-electron chi connectivity index (χ3n) is 7.97. The molecule has 4 aromatic rings. The molecule has 4 aromatic heterocycles. The van der Waals surface area contributed by atoms with E-state index in [1.165, 1.54) is 6.33 Å². The fraction of sp³-hybridized carbons (Fsp3) is 0.407. The van der Waals surface area contributed by atoms with E-state index in [9.17, 15) is 9.90 Å². The van der Waals surface area contributed by atoms with Crippen LogP contribution < -0.4 is 5.73 Å². The number of nitrogens with zero attached hydrogens (tertiary/aromatic N) is 7. The van der Waals surface area contributed by atoms with Crippen molar-refractivity contribution in [2.24, 2.45) is 0 Å². The van der Waals surface area contributed by atoms with E-state index in [2.05, 4.69) is 31.3 Å². The van der Waals surface area contributed by atoms with Crippen molar-refractivity contribution < 1.29 is 9.90 Å². The predicted molar refractivity (Wildman–Crippen MR) is 139 cm³/mol. The molecule has 7 rings (SSSR count). The molecule has 3 aliphatic rings. The summed E-state index contributed by atoms with van der Waals surface area (Å²) in [5.74, 6) is 1.09. The number of rotatable bonds is 6. The van der Waals surface area contributed by atoms with Gasteiger partial charge in [0.05, 0.1) is 23.7 Å². The van der Waals surface area contributed by atoms with Crippen LogP contribution in [0.25, 0.3) is 16.8 Å². The second-order valence-electron chi connectivity index (χ2n) is 10.5. The Bertz CT molecular complexity index is 1550. The van der Waals surface area contributed by atoms with E-state index in [-0.39, 0.29) is 17.8 Å². The van der Waals surface area contributed by atoms with Crippen molar-refractivity contribution in [3.05, 3.63) is 65.4 Å². The quantitative estimate of drug-likeness (QED) is 0.357. The van der Waals surface area contributed by atoms with Crippen LogP contribution in [0.2, 0.25) is 0 Å². The molecule has 4 N–H and O–H groups in total. The topological polar surface area (TPSA) is 151 Å². The van der Waals surface area contributed by atoms with Gasteiger partial charge >= 0.3 is 0 Å². The van der Waals surface area contributed by atoms with Crippen molar-refractivity contribution in [1.29, 1.82) is 0 Å². The zero-order valence-electron chi connectivity index (χ0n) is 20.9. The summed E-state index contributed by atoms with van der Waals surface area (Å²) in [5, 5.41) is 21.4. The molecule has 11 nitrogen and oxygen atoms in total. The number of H-pyrrole nitrogens is 1. The number of nitrogens with two attached hydrogens (primary N) is 1. The van der Waals surface area contributed by atoms with Gasteiger partial charge in [-0.15, -0.1) is 0 Å². The Kier molecular flexibility index (Phi) is 5.46. The third kappa shape index (κ3) is 3.85. The minimum absolute atomic E-state index is 0.0135. The maximum absolute atomic E-state index is 12.9. The van der Waals surface area contributed by atoms with Crippen LogP contribution >= 0.6 is 0 Å². The third-order valence-corrected chi connectivity index (χ3v) is 7.97. The molecule has 2 aliphatic carbocycles. The fourth-order valence-electron chi connectivity index (χ4n) is 5.87. The molecule has 0 saturated heterocycles. The van der Waals surface area contributed by atoms with Crippen molar-refractivity contribution in [3.8, 4) is 11.1 Å². The summed E-state index contributed by atoms with van der Waals surface area (Å²) in [5.41, 5.74) is 13.1. The summed E-state index contributed by atoms with van der Waals surface area (Å²) >= 11 is 0. The highest BCUT2D eigenvalue weighted by Gasteiger charge is 2.33. The Hall–Kier alpha value is -4.12. The number of aromatic amines is 1. The second-order valence-corrected chi connectivity index (χ2v) is 10.5. The van der Waals surface area contributed by atoms with Crippen LogP contribution in [0, 0.1) is 0 Å². The van der Waals surface area contributed by atoms with E-state index in [0.717, 1.165) is 78.6 Å². The summed E-state index contributed by atoms with van der Waals surface area (Å²) < 4.78 is 1.75. The molecule has 2 atom stereocenters. The molecule has 1 aliphatic heterocycles. The molecular formula is C27H29N9O2. The minimum atomic E-state index is -0.501. The van der Waals surface area contributed by atoms with Crippen molar-refractivity contribution in [3.63, 3.8) is 0 Å². The van der Waals surface area contributed by atoms with Crippen LogP contribution in [0.4, 0.5) is 5.82 Å². The number of aliphatic hydroxyl groups is 1. The number of fused-ring (bicyclic) bond motifs is 2. The van der Waals surface area contributed by atoms with Gasteiger partial charge in [0.15, 0.2) is 5.65 Å². The predicted octanol–water partition coefficient (Wildman–Crippen LogP) is 3.10. The first-order valence-corrected chi connectivity index (χ1v) is 13.3.